The van der Waals surface area contributed by atoms with Gasteiger partial charge in [0.15, 0.2) is 0 Å². The number of halogens is 1. The normalized spacial score (nSPS) is 13.6. The molecule has 3 aromatic rings. The Morgan fingerprint density at radius 1 is 0.839 bits per heavy atom. The van der Waals surface area contributed by atoms with Gasteiger partial charge in [-0.1, -0.05) is 30.3 Å². The highest BCUT2D eigenvalue weighted by atomic mass is 19.1. The molecule has 0 radical (unpaired) electrons. The van der Waals surface area contributed by atoms with E-state index in [2.05, 4.69) is 5.32 Å². The van der Waals surface area contributed by atoms with Crippen LogP contribution in [0.15, 0.2) is 78.5 Å². The van der Waals surface area contributed by atoms with Crippen LogP contribution in [0.1, 0.15) is 5.56 Å². The SMILES string of the molecule is COc1cccc(N2C(=O)C(Nc3ccccc3OC)=C(c3ccc(F)cc3)C2=O)c1. The van der Waals surface area contributed by atoms with Crippen LogP contribution in [0.5, 0.6) is 11.5 Å². The van der Waals surface area contributed by atoms with E-state index in [0.29, 0.717) is 28.4 Å². The number of nitrogens with one attached hydrogen (secondary N) is 1. The van der Waals surface area contributed by atoms with E-state index in [9.17, 15) is 14.0 Å². The molecule has 156 valence electrons. The number of ether oxygens (including phenoxy) is 2. The highest BCUT2D eigenvalue weighted by molar-refractivity contribution is 6.46. The van der Waals surface area contributed by atoms with Crippen LogP contribution in [0.25, 0.3) is 5.57 Å². The molecule has 31 heavy (non-hydrogen) atoms. The van der Waals surface area contributed by atoms with E-state index in [1.54, 1.807) is 48.5 Å². The van der Waals surface area contributed by atoms with Crippen LogP contribution in [0.2, 0.25) is 0 Å². The molecule has 1 heterocycles. The third-order valence-corrected chi connectivity index (χ3v) is 4.89. The molecule has 0 unspecified atom stereocenters. The predicted molar refractivity (Wildman–Crippen MR) is 115 cm³/mol. The zero-order chi connectivity index (χ0) is 22.0. The molecule has 0 spiro atoms. The van der Waals surface area contributed by atoms with Gasteiger partial charge in [-0.15, -0.1) is 0 Å². The van der Waals surface area contributed by atoms with Gasteiger partial charge in [-0.25, -0.2) is 9.29 Å². The molecule has 0 fully saturated rings. The maximum absolute atomic E-state index is 13.5. The van der Waals surface area contributed by atoms with Crippen molar-refractivity contribution in [3.63, 3.8) is 0 Å². The highest BCUT2D eigenvalue weighted by Crippen LogP contribution is 2.36. The number of hydrogen-bond acceptors (Lipinski definition) is 5. The first-order valence-corrected chi connectivity index (χ1v) is 9.46. The maximum Gasteiger partial charge on any atom is 0.282 e. The molecule has 3 aromatic carbocycles. The van der Waals surface area contributed by atoms with Crippen LogP contribution in [-0.2, 0) is 9.59 Å². The van der Waals surface area contributed by atoms with Crippen molar-refractivity contribution in [2.45, 2.75) is 0 Å². The predicted octanol–water partition coefficient (Wildman–Crippen LogP) is 4.24. The highest BCUT2D eigenvalue weighted by Gasteiger charge is 2.40. The molecule has 0 bridgehead atoms. The van der Waals surface area contributed by atoms with Crippen molar-refractivity contribution < 1.29 is 23.5 Å². The van der Waals surface area contributed by atoms with Crippen molar-refractivity contribution in [2.24, 2.45) is 0 Å². The van der Waals surface area contributed by atoms with Gasteiger partial charge in [0.2, 0.25) is 0 Å². The first-order chi connectivity index (χ1) is 15.0. The van der Waals surface area contributed by atoms with Gasteiger partial charge in [0.05, 0.1) is 31.2 Å². The zero-order valence-corrected chi connectivity index (χ0v) is 16.9. The molecule has 1 aliphatic heterocycles. The lowest BCUT2D eigenvalue weighted by molar-refractivity contribution is -0.120. The Morgan fingerprint density at radius 2 is 1.58 bits per heavy atom. The average molecular weight is 418 g/mol. The second kappa shape index (κ2) is 8.31. The molecule has 4 rings (SSSR count). The summed E-state index contributed by atoms with van der Waals surface area (Å²) >= 11 is 0. The number of amides is 2. The van der Waals surface area contributed by atoms with Gasteiger partial charge in [0.25, 0.3) is 11.8 Å². The fraction of sp³-hybridized carbons (Fsp3) is 0.0833. The third kappa shape index (κ3) is 3.73. The Morgan fingerprint density at radius 3 is 2.29 bits per heavy atom. The number of hydrogen-bond donors (Lipinski definition) is 1. The average Bonchev–Trinajstić information content (AvgIpc) is 3.04. The van der Waals surface area contributed by atoms with E-state index >= 15 is 0 Å². The molecular formula is C24H19FN2O4. The number of imide groups is 1. The smallest absolute Gasteiger partial charge is 0.282 e. The summed E-state index contributed by atoms with van der Waals surface area (Å²) in [7, 11) is 3.02. The van der Waals surface area contributed by atoms with Crippen molar-refractivity contribution in [2.75, 3.05) is 24.4 Å². The molecule has 7 heteroatoms. The third-order valence-electron chi connectivity index (χ3n) is 4.89. The molecule has 1 aliphatic rings. The summed E-state index contributed by atoms with van der Waals surface area (Å²) < 4.78 is 24.1. The zero-order valence-electron chi connectivity index (χ0n) is 16.9. The Hall–Kier alpha value is -4.13. The van der Waals surface area contributed by atoms with Crippen LogP contribution in [0, 0.1) is 5.82 Å². The number of anilines is 2. The lowest BCUT2D eigenvalue weighted by atomic mass is 10.0. The van der Waals surface area contributed by atoms with E-state index < -0.39 is 17.6 Å². The molecule has 0 aromatic heterocycles. The van der Waals surface area contributed by atoms with Crippen molar-refractivity contribution in [3.8, 4) is 11.5 Å². The number of para-hydroxylation sites is 2. The van der Waals surface area contributed by atoms with Crippen LogP contribution in [-0.4, -0.2) is 26.0 Å². The van der Waals surface area contributed by atoms with E-state index in [4.69, 9.17) is 9.47 Å². The summed E-state index contributed by atoms with van der Waals surface area (Å²) in [6, 6.07) is 19.1. The molecule has 0 saturated heterocycles. The lowest BCUT2D eigenvalue weighted by Gasteiger charge is -2.16. The summed E-state index contributed by atoms with van der Waals surface area (Å²) in [5.74, 6) is -0.489. The minimum atomic E-state index is -0.538. The number of rotatable bonds is 6. The first kappa shape index (κ1) is 20.2. The standard InChI is InChI=1S/C24H19FN2O4/c1-30-18-7-5-6-17(14-18)27-23(28)21(15-10-12-16(25)13-11-15)22(24(27)29)26-19-8-3-4-9-20(19)31-2/h3-14,26H,1-2H3. The summed E-state index contributed by atoms with van der Waals surface area (Å²) in [5.41, 5.74) is 1.52. The van der Waals surface area contributed by atoms with Crippen molar-refractivity contribution in [1.29, 1.82) is 0 Å². The quantitative estimate of drug-likeness (QED) is 0.607. The maximum atomic E-state index is 13.5. The van der Waals surface area contributed by atoms with Crippen LogP contribution in [0.4, 0.5) is 15.8 Å². The molecule has 0 aliphatic carbocycles. The molecule has 2 amide bonds. The fourth-order valence-electron chi connectivity index (χ4n) is 3.40. The van der Waals surface area contributed by atoms with Gasteiger partial charge in [0, 0.05) is 6.07 Å². The van der Waals surface area contributed by atoms with Crippen LogP contribution >= 0.6 is 0 Å². The fourth-order valence-corrected chi connectivity index (χ4v) is 3.40. The van der Waals surface area contributed by atoms with Crippen LogP contribution in [0.3, 0.4) is 0 Å². The Balaban J connectivity index is 1.84. The number of benzene rings is 3. The van der Waals surface area contributed by atoms with Gasteiger partial charge in [-0.05, 0) is 42.0 Å². The summed E-state index contributed by atoms with van der Waals surface area (Å²) in [6.45, 7) is 0. The van der Waals surface area contributed by atoms with Crippen LogP contribution < -0.4 is 19.7 Å². The second-order valence-corrected chi connectivity index (χ2v) is 6.73. The molecule has 1 N–H and O–H groups in total. The summed E-state index contributed by atoms with van der Waals surface area (Å²) in [5, 5.41) is 3.05. The molecular weight excluding hydrogens is 399 g/mol. The van der Waals surface area contributed by atoms with Gasteiger partial charge in [-0.2, -0.15) is 0 Å². The largest absolute Gasteiger partial charge is 0.497 e. The van der Waals surface area contributed by atoms with E-state index in [-0.39, 0.29) is 11.3 Å². The minimum absolute atomic E-state index is 0.0731. The summed E-state index contributed by atoms with van der Waals surface area (Å²) in [4.78, 5) is 27.9. The van der Waals surface area contributed by atoms with Crippen molar-refractivity contribution >= 4 is 28.8 Å². The Labute approximate surface area is 178 Å². The molecule has 0 atom stereocenters. The van der Waals surface area contributed by atoms with Gasteiger partial charge in [0.1, 0.15) is 23.0 Å². The summed E-state index contributed by atoms with van der Waals surface area (Å²) in [6.07, 6.45) is 0. The number of carbonyl (C=O) groups excluding carboxylic acids is 2. The lowest BCUT2D eigenvalue weighted by Crippen LogP contribution is -2.32. The van der Waals surface area contributed by atoms with E-state index in [0.717, 1.165) is 4.90 Å². The van der Waals surface area contributed by atoms with Crippen molar-refractivity contribution in [3.05, 3.63) is 89.9 Å². The molecule has 0 saturated carbocycles. The van der Waals surface area contributed by atoms with Gasteiger partial charge in [-0.3, -0.25) is 9.59 Å². The minimum Gasteiger partial charge on any atom is -0.497 e. The second-order valence-electron chi connectivity index (χ2n) is 6.73. The first-order valence-electron chi connectivity index (χ1n) is 9.46. The molecule has 6 nitrogen and oxygen atoms in total. The van der Waals surface area contributed by atoms with E-state index in [1.165, 1.54) is 38.5 Å². The number of carbonyl (C=O) groups is 2. The van der Waals surface area contributed by atoms with Gasteiger partial charge < -0.3 is 14.8 Å². The Kier molecular flexibility index (Phi) is 5.41. The van der Waals surface area contributed by atoms with E-state index in [1.807, 2.05) is 0 Å². The van der Waals surface area contributed by atoms with Gasteiger partial charge >= 0.3 is 0 Å². The topological polar surface area (TPSA) is 67.9 Å². The van der Waals surface area contributed by atoms with Crippen molar-refractivity contribution in [1.82, 2.24) is 0 Å². The number of methoxy groups -OCH3 is 2. The Bertz CT molecular complexity index is 1190. The number of nitrogens with zero attached hydrogens (tertiary/aromatic N) is 1. The monoisotopic (exact) mass is 418 g/mol.